The average molecular weight is 400 g/mol. The molecule has 4 rings (SSSR count). The van der Waals surface area contributed by atoms with Gasteiger partial charge in [-0.05, 0) is 54.8 Å². The van der Waals surface area contributed by atoms with Crippen molar-refractivity contribution in [2.24, 2.45) is 0 Å². The van der Waals surface area contributed by atoms with Crippen LogP contribution in [0.4, 0.5) is 0 Å². The number of benzene rings is 2. The lowest BCUT2D eigenvalue weighted by atomic mass is 10.0. The van der Waals surface area contributed by atoms with Crippen LogP contribution in [0.25, 0.3) is 21.6 Å². The van der Waals surface area contributed by atoms with Crippen molar-refractivity contribution < 1.29 is 4.79 Å². The normalized spacial score (nSPS) is 10.7. The van der Waals surface area contributed by atoms with Crippen molar-refractivity contribution in [3.05, 3.63) is 94.9 Å². The van der Waals surface area contributed by atoms with Gasteiger partial charge in [0, 0.05) is 17.5 Å². The third kappa shape index (κ3) is 4.41. The molecule has 1 amide bonds. The molecule has 29 heavy (non-hydrogen) atoms. The lowest BCUT2D eigenvalue weighted by molar-refractivity contribution is 0.0951. The van der Waals surface area contributed by atoms with E-state index in [1.807, 2.05) is 68.6 Å². The minimum absolute atomic E-state index is 0.0984. The summed E-state index contributed by atoms with van der Waals surface area (Å²) in [7, 11) is 0. The van der Waals surface area contributed by atoms with E-state index >= 15 is 0 Å². The highest BCUT2D eigenvalue weighted by Gasteiger charge is 2.12. The Kier molecular flexibility index (Phi) is 5.49. The smallest absolute Gasteiger partial charge is 0.251 e. The van der Waals surface area contributed by atoms with Gasteiger partial charge in [-0.3, -0.25) is 9.78 Å². The fourth-order valence-electron chi connectivity index (χ4n) is 3.19. The number of hydrogen-bond acceptors (Lipinski definition) is 4. The van der Waals surface area contributed by atoms with Crippen LogP contribution < -0.4 is 5.32 Å². The standard InChI is InChI=1S/C24H21N3OS/c1-16-14-21(12-13-25-16)23-17(2)27-22(29-23)15-26-24(28)20-10-8-19(9-11-20)18-6-4-3-5-7-18/h3-14H,15H2,1-2H3,(H,26,28). The molecule has 0 aliphatic rings. The van der Waals surface area contributed by atoms with Crippen LogP contribution in [0.3, 0.4) is 0 Å². The van der Waals surface area contributed by atoms with E-state index in [0.717, 1.165) is 38.0 Å². The van der Waals surface area contributed by atoms with Gasteiger partial charge in [-0.15, -0.1) is 11.3 Å². The molecule has 2 aromatic heterocycles. The molecular weight excluding hydrogens is 378 g/mol. The van der Waals surface area contributed by atoms with Crippen LogP contribution in [-0.4, -0.2) is 15.9 Å². The van der Waals surface area contributed by atoms with E-state index in [1.54, 1.807) is 11.3 Å². The monoisotopic (exact) mass is 399 g/mol. The number of rotatable bonds is 5. The lowest BCUT2D eigenvalue weighted by Crippen LogP contribution is -2.22. The summed E-state index contributed by atoms with van der Waals surface area (Å²) in [6.07, 6.45) is 1.81. The molecular formula is C24H21N3OS. The molecule has 0 saturated heterocycles. The zero-order chi connectivity index (χ0) is 20.2. The maximum atomic E-state index is 12.5. The lowest BCUT2D eigenvalue weighted by Gasteiger charge is -2.05. The molecule has 144 valence electrons. The number of thiazole rings is 1. The summed E-state index contributed by atoms with van der Waals surface area (Å²) in [5, 5.41) is 3.86. The first-order valence-corrected chi connectivity index (χ1v) is 10.2. The Bertz CT molecular complexity index is 1130. The predicted octanol–water partition coefficient (Wildman–Crippen LogP) is 5.42. The number of hydrogen-bond donors (Lipinski definition) is 1. The zero-order valence-corrected chi connectivity index (χ0v) is 17.2. The Labute approximate surface area is 174 Å². The fraction of sp³-hybridized carbons (Fsp3) is 0.125. The highest BCUT2D eigenvalue weighted by Crippen LogP contribution is 2.30. The Morgan fingerprint density at radius 1 is 0.931 bits per heavy atom. The minimum Gasteiger partial charge on any atom is -0.346 e. The van der Waals surface area contributed by atoms with E-state index in [4.69, 9.17) is 0 Å². The van der Waals surface area contributed by atoms with E-state index in [-0.39, 0.29) is 5.91 Å². The largest absolute Gasteiger partial charge is 0.346 e. The fourth-order valence-corrected chi connectivity index (χ4v) is 4.19. The van der Waals surface area contributed by atoms with Gasteiger partial charge in [0.25, 0.3) is 5.91 Å². The Morgan fingerprint density at radius 2 is 1.66 bits per heavy atom. The molecule has 0 aliphatic heterocycles. The van der Waals surface area contributed by atoms with E-state index in [2.05, 4.69) is 33.5 Å². The molecule has 2 aromatic carbocycles. The summed E-state index contributed by atoms with van der Waals surface area (Å²) in [6, 6.07) is 21.8. The van der Waals surface area contributed by atoms with Crippen LogP contribution in [0.5, 0.6) is 0 Å². The second-order valence-electron chi connectivity index (χ2n) is 6.83. The van der Waals surface area contributed by atoms with Gasteiger partial charge in [0.05, 0.1) is 17.1 Å². The molecule has 1 N–H and O–H groups in total. The van der Waals surface area contributed by atoms with Crippen LogP contribution >= 0.6 is 11.3 Å². The van der Waals surface area contributed by atoms with Gasteiger partial charge in [0.15, 0.2) is 0 Å². The molecule has 0 saturated carbocycles. The number of nitrogens with zero attached hydrogens (tertiary/aromatic N) is 2. The molecule has 0 spiro atoms. The van der Waals surface area contributed by atoms with Crippen molar-refractivity contribution in [2.75, 3.05) is 0 Å². The summed E-state index contributed by atoms with van der Waals surface area (Å²) < 4.78 is 0. The van der Waals surface area contributed by atoms with Crippen LogP contribution in [0.15, 0.2) is 72.9 Å². The molecule has 4 aromatic rings. The summed E-state index contributed by atoms with van der Waals surface area (Å²) in [5.41, 5.74) is 5.93. The van der Waals surface area contributed by atoms with Gasteiger partial charge >= 0.3 is 0 Å². The maximum absolute atomic E-state index is 12.5. The van der Waals surface area contributed by atoms with Crippen molar-refractivity contribution in [2.45, 2.75) is 20.4 Å². The molecule has 0 radical (unpaired) electrons. The number of amides is 1. The van der Waals surface area contributed by atoms with Crippen molar-refractivity contribution >= 4 is 17.2 Å². The third-order valence-electron chi connectivity index (χ3n) is 4.65. The van der Waals surface area contributed by atoms with E-state index < -0.39 is 0 Å². The average Bonchev–Trinajstić information content (AvgIpc) is 3.13. The Morgan fingerprint density at radius 3 is 2.38 bits per heavy atom. The van der Waals surface area contributed by atoms with Crippen molar-refractivity contribution in [1.82, 2.24) is 15.3 Å². The highest BCUT2D eigenvalue weighted by molar-refractivity contribution is 7.15. The predicted molar refractivity (Wildman–Crippen MR) is 118 cm³/mol. The van der Waals surface area contributed by atoms with Crippen molar-refractivity contribution in [3.63, 3.8) is 0 Å². The van der Waals surface area contributed by atoms with E-state index in [1.165, 1.54) is 0 Å². The van der Waals surface area contributed by atoms with Crippen LogP contribution in [-0.2, 0) is 6.54 Å². The maximum Gasteiger partial charge on any atom is 0.251 e. The van der Waals surface area contributed by atoms with Gasteiger partial charge in [-0.2, -0.15) is 0 Å². The van der Waals surface area contributed by atoms with Gasteiger partial charge in [-0.25, -0.2) is 4.98 Å². The van der Waals surface area contributed by atoms with Crippen molar-refractivity contribution in [1.29, 1.82) is 0 Å². The first-order valence-electron chi connectivity index (χ1n) is 9.43. The summed E-state index contributed by atoms with van der Waals surface area (Å²) in [5.74, 6) is -0.0984. The quantitative estimate of drug-likeness (QED) is 0.488. The molecule has 5 heteroatoms. The first-order chi connectivity index (χ1) is 14.1. The Hall–Kier alpha value is -3.31. The first kappa shape index (κ1) is 19.0. The molecule has 0 aliphatic carbocycles. The van der Waals surface area contributed by atoms with Crippen LogP contribution in [0, 0.1) is 13.8 Å². The third-order valence-corrected chi connectivity index (χ3v) is 5.86. The SMILES string of the molecule is Cc1cc(-c2sc(CNC(=O)c3ccc(-c4ccccc4)cc3)nc2C)ccn1. The van der Waals surface area contributed by atoms with Gasteiger partial charge in [0.2, 0.25) is 0 Å². The molecule has 0 fully saturated rings. The number of aryl methyl sites for hydroxylation is 2. The highest BCUT2D eigenvalue weighted by atomic mass is 32.1. The van der Waals surface area contributed by atoms with Crippen LogP contribution in [0.2, 0.25) is 0 Å². The molecule has 0 unspecified atom stereocenters. The number of carbonyl (C=O) groups is 1. The number of carbonyl (C=O) groups excluding carboxylic acids is 1. The van der Waals surface area contributed by atoms with E-state index in [0.29, 0.717) is 12.1 Å². The number of nitrogens with one attached hydrogen (secondary N) is 1. The second kappa shape index (κ2) is 8.37. The van der Waals surface area contributed by atoms with E-state index in [9.17, 15) is 4.79 Å². The zero-order valence-electron chi connectivity index (χ0n) is 16.3. The van der Waals surface area contributed by atoms with Gasteiger partial charge in [-0.1, -0.05) is 42.5 Å². The summed E-state index contributed by atoms with van der Waals surface area (Å²) in [6.45, 7) is 4.38. The van der Waals surface area contributed by atoms with Crippen molar-refractivity contribution in [3.8, 4) is 21.6 Å². The molecule has 2 heterocycles. The molecule has 0 bridgehead atoms. The molecule has 4 nitrogen and oxygen atoms in total. The number of aromatic nitrogens is 2. The van der Waals surface area contributed by atoms with Crippen LogP contribution in [0.1, 0.15) is 26.8 Å². The summed E-state index contributed by atoms with van der Waals surface area (Å²) in [4.78, 5) is 22.5. The van der Waals surface area contributed by atoms with Gasteiger partial charge in [0.1, 0.15) is 5.01 Å². The minimum atomic E-state index is -0.0984. The second-order valence-corrected chi connectivity index (χ2v) is 7.92. The molecule has 0 atom stereocenters. The van der Waals surface area contributed by atoms with Gasteiger partial charge < -0.3 is 5.32 Å². The topological polar surface area (TPSA) is 54.9 Å². The Balaban J connectivity index is 1.43. The summed E-state index contributed by atoms with van der Waals surface area (Å²) >= 11 is 1.60. The number of pyridine rings is 1.